The van der Waals surface area contributed by atoms with E-state index in [1.54, 1.807) is 0 Å². The highest BCUT2D eigenvalue weighted by Crippen LogP contribution is 2.49. The number of fused-ring (bicyclic) bond motifs is 9. The summed E-state index contributed by atoms with van der Waals surface area (Å²) in [6.07, 6.45) is 0. The zero-order valence-electron chi connectivity index (χ0n) is 17.8. The van der Waals surface area contributed by atoms with Gasteiger partial charge in [0.2, 0.25) is 0 Å². The quantitative estimate of drug-likeness (QED) is 0.282. The van der Waals surface area contributed by atoms with Gasteiger partial charge in [0.25, 0.3) is 0 Å². The minimum Gasteiger partial charge on any atom is -0.456 e. The monoisotopic (exact) mass is 413 g/mol. The molecule has 0 unspecified atom stereocenters. The van der Waals surface area contributed by atoms with Crippen LogP contribution in [-0.4, -0.2) is 10.6 Å². The average molecular weight is 413 g/mol. The molecule has 0 atom stereocenters. The van der Waals surface area contributed by atoms with Crippen LogP contribution in [0.25, 0.3) is 49.4 Å². The summed E-state index contributed by atoms with van der Waals surface area (Å²) >= 11 is 0. The third kappa shape index (κ3) is 2.01. The van der Waals surface area contributed by atoms with E-state index in [0.29, 0.717) is 5.56 Å². The largest absolute Gasteiger partial charge is 0.456 e. The average Bonchev–Trinajstić information content (AvgIpc) is 3.35. The van der Waals surface area contributed by atoms with E-state index in [2.05, 4.69) is 77.9 Å². The first kappa shape index (κ1) is 17.5. The van der Waals surface area contributed by atoms with Crippen LogP contribution in [0.1, 0.15) is 19.4 Å². The number of hydrogen-bond acceptors (Lipinski definition) is 3. The molecule has 1 aliphatic heterocycles. The SMILES string of the molecule is CC(C)N1c2ccc(C#N)cc2-n2c3ccc4oc5ccccc5c4c3c3cccc1c32. The van der Waals surface area contributed by atoms with Crippen molar-refractivity contribution in [3.05, 3.63) is 78.4 Å². The van der Waals surface area contributed by atoms with Crippen LogP contribution in [0.4, 0.5) is 11.4 Å². The predicted octanol–water partition coefficient (Wildman–Crippen LogP) is 7.41. The molecule has 4 nitrogen and oxygen atoms in total. The maximum atomic E-state index is 9.61. The van der Waals surface area contributed by atoms with E-state index in [1.807, 2.05) is 24.3 Å². The van der Waals surface area contributed by atoms with Crippen molar-refractivity contribution in [2.24, 2.45) is 0 Å². The Bertz CT molecular complexity index is 1780. The molecule has 0 N–H and O–H groups in total. The van der Waals surface area contributed by atoms with Crippen LogP contribution in [0.15, 0.2) is 77.2 Å². The molecule has 2 aromatic heterocycles. The first-order chi connectivity index (χ1) is 15.7. The van der Waals surface area contributed by atoms with Gasteiger partial charge in [-0.15, -0.1) is 0 Å². The summed E-state index contributed by atoms with van der Waals surface area (Å²) in [6.45, 7) is 4.42. The van der Waals surface area contributed by atoms with E-state index in [-0.39, 0.29) is 6.04 Å². The molecule has 0 bridgehead atoms. The van der Waals surface area contributed by atoms with Gasteiger partial charge < -0.3 is 13.9 Å². The van der Waals surface area contributed by atoms with E-state index in [9.17, 15) is 5.26 Å². The number of anilines is 2. The van der Waals surface area contributed by atoms with Crippen LogP contribution in [-0.2, 0) is 0 Å². The number of aromatic nitrogens is 1. The van der Waals surface area contributed by atoms with Gasteiger partial charge in [0.05, 0.1) is 39.7 Å². The molecule has 6 aromatic rings. The second kappa shape index (κ2) is 5.93. The Labute approximate surface area is 184 Å². The Hall–Kier alpha value is -4.23. The number of rotatable bonds is 1. The molecule has 7 rings (SSSR count). The maximum absolute atomic E-state index is 9.61. The molecular formula is C28H19N3O. The van der Waals surface area contributed by atoms with Crippen LogP contribution >= 0.6 is 0 Å². The van der Waals surface area contributed by atoms with Crippen LogP contribution in [0, 0.1) is 11.3 Å². The van der Waals surface area contributed by atoms with Crippen molar-refractivity contribution in [1.82, 2.24) is 4.57 Å². The summed E-state index contributed by atoms with van der Waals surface area (Å²) in [4.78, 5) is 2.38. The molecule has 0 saturated carbocycles. The van der Waals surface area contributed by atoms with Crippen molar-refractivity contribution >= 4 is 55.1 Å². The van der Waals surface area contributed by atoms with Crippen LogP contribution < -0.4 is 4.90 Å². The highest BCUT2D eigenvalue weighted by Gasteiger charge is 2.30. The third-order valence-corrected chi connectivity index (χ3v) is 6.65. The van der Waals surface area contributed by atoms with Gasteiger partial charge in [0.15, 0.2) is 0 Å². The van der Waals surface area contributed by atoms with Gasteiger partial charge >= 0.3 is 0 Å². The topological polar surface area (TPSA) is 45.1 Å². The summed E-state index contributed by atoms with van der Waals surface area (Å²) in [5, 5.41) is 14.3. The number of benzene rings is 4. The van der Waals surface area contributed by atoms with Crippen molar-refractivity contribution in [3.63, 3.8) is 0 Å². The minimum atomic E-state index is 0.272. The van der Waals surface area contributed by atoms with Crippen molar-refractivity contribution in [1.29, 1.82) is 5.26 Å². The summed E-state index contributed by atoms with van der Waals surface area (Å²) in [6, 6.07) is 27.6. The second-order valence-electron chi connectivity index (χ2n) is 8.72. The lowest BCUT2D eigenvalue weighted by atomic mass is 10.0. The Balaban J connectivity index is 1.77. The Morgan fingerprint density at radius 3 is 2.47 bits per heavy atom. The summed E-state index contributed by atoms with van der Waals surface area (Å²) < 4.78 is 8.53. The molecule has 32 heavy (non-hydrogen) atoms. The Morgan fingerprint density at radius 1 is 0.781 bits per heavy atom. The van der Waals surface area contributed by atoms with Gasteiger partial charge in [-0.2, -0.15) is 5.26 Å². The molecule has 0 aliphatic carbocycles. The van der Waals surface area contributed by atoms with Gasteiger partial charge in [-0.25, -0.2) is 0 Å². The number of furan rings is 1. The maximum Gasteiger partial charge on any atom is 0.136 e. The minimum absolute atomic E-state index is 0.272. The van der Waals surface area contributed by atoms with Crippen molar-refractivity contribution in [3.8, 4) is 11.8 Å². The lowest BCUT2D eigenvalue weighted by Gasteiger charge is -2.36. The van der Waals surface area contributed by atoms with E-state index < -0.39 is 0 Å². The van der Waals surface area contributed by atoms with Crippen LogP contribution in [0.2, 0.25) is 0 Å². The number of nitriles is 1. The zero-order valence-corrected chi connectivity index (χ0v) is 17.8. The Morgan fingerprint density at radius 2 is 1.62 bits per heavy atom. The first-order valence-corrected chi connectivity index (χ1v) is 10.9. The molecule has 0 spiro atoms. The zero-order chi connectivity index (χ0) is 21.6. The smallest absolute Gasteiger partial charge is 0.136 e. The molecule has 152 valence electrons. The summed E-state index contributed by atoms with van der Waals surface area (Å²) in [7, 11) is 0. The fourth-order valence-corrected chi connectivity index (χ4v) is 5.46. The van der Waals surface area contributed by atoms with Gasteiger partial charge in [-0.1, -0.05) is 30.3 Å². The van der Waals surface area contributed by atoms with Gasteiger partial charge in [-0.3, -0.25) is 0 Å². The normalized spacial score (nSPS) is 12.9. The fourth-order valence-electron chi connectivity index (χ4n) is 5.46. The molecule has 0 amide bonds. The lowest BCUT2D eigenvalue weighted by Crippen LogP contribution is -2.29. The Kier molecular flexibility index (Phi) is 3.23. The van der Waals surface area contributed by atoms with E-state index in [0.717, 1.165) is 38.8 Å². The van der Waals surface area contributed by atoms with Crippen molar-refractivity contribution in [2.75, 3.05) is 4.90 Å². The third-order valence-electron chi connectivity index (χ3n) is 6.65. The number of nitrogens with zero attached hydrogens (tertiary/aromatic N) is 3. The number of hydrogen-bond donors (Lipinski definition) is 0. The van der Waals surface area contributed by atoms with Crippen molar-refractivity contribution < 1.29 is 4.42 Å². The van der Waals surface area contributed by atoms with Gasteiger partial charge in [0, 0.05) is 27.6 Å². The lowest BCUT2D eigenvalue weighted by molar-refractivity contribution is 0.669. The molecule has 4 aromatic carbocycles. The predicted molar refractivity (Wildman–Crippen MR) is 130 cm³/mol. The van der Waals surface area contributed by atoms with E-state index in [1.165, 1.54) is 22.0 Å². The molecular weight excluding hydrogens is 394 g/mol. The van der Waals surface area contributed by atoms with E-state index >= 15 is 0 Å². The summed E-state index contributed by atoms with van der Waals surface area (Å²) in [5.74, 6) is 0. The molecule has 0 saturated heterocycles. The molecule has 1 aliphatic rings. The van der Waals surface area contributed by atoms with Crippen LogP contribution in [0.3, 0.4) is 0 Å². The van der Waals surface area contributed by atoms with Gasteiger partial charge in [-0.05, 0) is 56.3 Å². The fraction of sp³-hybridized carbons (Fsp3) is 0.107. The standard InChI is InChI=1S/C28H19N3O/c1-16(2)30-20-11-10-17(15-29)14-23(20)31-21-12-13-25-27(18-6-3-4-9-24(18)32-25)26(21)19-7-5-8-22(30)28(19)31/h3-14,16H,1-2H3. The first-order valence-electron chi connectivity index (χ1n) is 10.9. The van der Waals surface area contributed by atoms with E-state index in [4.69, 9.17) is 4.42 Å². The molecule has 0 radical (unpaired) electrons. The van der Waals surface area contributed by atoms with Crippen LogP contribution in [0.5, 0.6) is 0 Å². The number of para-hydroxylation sites is 2. The highest BCUT2D eigenvalue weighted by molar-refractivity contribution is 6.29. The molecule has 0 fully saturated rings. The van der Waals surface area contributed by atoms with Crippen molar-refractivity contribution in [2.45, 2.75) is 19.9 Å². The van der Waals surface area contributed by atoms with Gasteiger partial charge in [0.1, 0.15) is 11.2 Å². The second-order valence-corrected chi connectivity index (χ2v) is 8.72. The molecule has 3 heterocycles. The molecule has 4 heteroatoms. The highest BCUT2D eigenvalue weighted by atomic mass is 16.3. The summed E-state index contributed by atoms with van der Waals surface area (Å²) in [5.41, 5.74) is 8.12.